The van der Waals surface area contributed by atoms with Crippen LogP contribution in [0.1, 0.15) is 60.6 Å². The number of amides is 1. The van der Waals surface area contributed by atoms with E-state index in [-0.39, 0.29) is 17.0 Å². The van der Waals surface area contributed by atoms with Crippen molar-refractivity contribution in [2.45, 2.75) is 58.4 Å². The second-order valence-corrected chi connectivity index (χ2v) is 5.90. The zero-order valence-electron chi connectivity index (χ0n) is 13.2. The number of carbonyl (C=O) groups excluding carboxylic acids is 2. The molecule has 0 bridgehead atoms. The lowest BCUT2D eigenvalue weighted by Crippen LogP contribution is -2.30. The van der Waals surface area contributed by atoms with Gasteiger partial charge in [-0.1, -0.05) is 12.8 Å². The highest BCUT2D eigenvalue weighted by Gasteiger charge is 2.15. The van der Waals surface area contributed by atoms with Gasteiger partial charge < -0.3 is 9.88 Å². The van der Waals surface area contributed by atoms with Crippen molar-refractivity contribution in [3.8, 4) is 0 Å². The lowest BCUT2D eigenvalue weighted by Gasteiger charge is -2.20. The SMILES string of the molecule is CC(=O)NCCCn1c2c(cc(C=O)c1=O)CCCCCC2. The molecule has 22 heavy (non-hydrogen) atoms. The van der Waals surface area contributed by atoms with Gasteiger partial charge in [0.2, 0.25) is 5.91 Å². The van der Waals surface area contributed by atoms with Crippen molar-refractivity contribution in [1.29, 1.82) is 0 Å². The van der Waals surface area contributed by atoms with Crippen LogP contribution in [0.5, 0.6) is 0 Å². The van der Waals surface area contributed by atoms with Crippen LogP contribution in [0.15, 0.2) is 10.9 Å². The number of nitrogens with one attached hydrogen (secondary N) is 1. The van der Waals surface area contributed by atoms with Gasteiger partial charge in [-0.15, -0.1) is 0 Å². The fourth-order valence-electron chi connectivity index (χ4n) is 3.08. The topological polar surface area (TPSA) is 68.2 Å². The van der Waals surface area contributed by atoms with Gasteiger partial charge in [0.05, 0.1) is 5.56 Å². The number of aromatic nitrogens is 1. The van der Waals surface area contributed by atoms with Crippen LogP contribution < -0.4 is 10.9 Å². The van der Waals surface area contributed by atoms with E-state index in [1.54, 1.807) is 10.6 Å². The molecule has 1 aliphatic rings. The molecule has 1 aromatic rings. The molecular weight excluding hydrogens is 280 g/mol. The Labute approximate surface area is 130 Å². The van der Waals surface area contributed by atoms with Crippen LogP contribution in [0, 0.1) is 0 Å². The highest BCUT2D eigenvalue weighted by molar-refractivity contribution is 5.74. The Hall–Kier alpha value is -1.91. The molecule has 1 amide bonds. The summed E-state index contributed by atoms with van der Waals surface area (Å²) in [6.45, 7) is 2.57. The van der Waals surface area contributed by atoms with Crippen molar-refractivity contribution in [3.63, 3.8) is 0 Å². The number of rotatable bonds is 5. The Morgan fingerprint density at radius 3 is 2.68 bits per heavy atom. The molecular formula is C17H24N2O3. The first-order valence-corrected chi connectivity index (χ1v) is 8.08. The van der Waals surface area contributed by atoms with Crippen molar-refractivity contribution in [2.24, 2.45) is 0 Å². The predicted molar refractivity (Wildman–Crippen MR) is 85.3 cm³/mol. The summed E-state index contributed by atoms with van der Waals surface area (Å²) < 4.78 is 1.76. The Morgan fingerprint density at radius 2 is 2.00 bits per heavy atom. The summed E-state index contributed by atoms with van der Waals surface area (Å²) in [6.07, 6.45) is 7.76. The maximum absolute atomic E-state index is 12.4. The molecule has 0 spiro atoms. The van der Waals surface area contributed by atoms with Crippen molar-refractivity contribution >= 4 is 12.2 Å². The standard InChI is InChI=1S/C17H24N2O3/c1-13(21)18-9-6-10-19-16-8-5-3-2-4-7-14(16)11-15(12-20)17(19)22/h11-12H,2-10H2,1H3,(H,18,21). The quantitative estimate of drug-likeness (QED) is 0.667. The van der Waals surface area contributed by atoms with Crippen LogP contribution in [-0.4, -0.2) is 23.3 Å². The largest absolute Gasteiger partial charge is 0.356 e. The lowest BCUT2D eigenvalue weighted by molar-refractivity contribution is -0.118. The fraction of sp³-hybridized carbons (Fsp3) is 0.588. The van der Waals surface area contributed by atoms with E-state index in [1.807, 2.05) is 0 Å². The number of carbonyl (C=O) groups is 2. The number of aldehydes is 1. The van der Waals surface area contributed by atoms with Gasteiger partial charge in [-0.25, -0.2) is 0 Å². The van der Waals surface area contributed by atoms with E-state index in [0.29, 0.717) is 25.8 Å². The highest BCUT2D eigenvalue weighted by Crippen LogP contribution is 2.20. The molecule has 0 radical (unpaired) electrons. The molecule has 0 unspecified atom stereocenters. The second kappa shape index (κ2) is 7.92. The van der Waals surface area contributed by atoms with Crippen LogP contribution in [-0.2, 0) is 24.2 Å². The van der Waals surface area contributed by atoms with E-state index >= 15 is 0 Å². The van der Waals surface area contributed by atoms with Gasteiger partial charge in [-0.3, -0.25) is 14.4 Å². The minimum absolute atomic E-state index is 0.0655. The molecule has 5 nitrogen and oxygen atoms in total. The summed E-state index contributed by atoms with van der Waals surface area (Å²) in [5, 5.41) is 2.74. The summed E-state index contributed by atoms with van der Waals surface area (Å²) in [4.78, 5) is 34.5. The molecule has 0 saturated heterocycles. The zero-order chi connectivity index (χ0) is 15.9. The molecule has 0 saturated carbocycles. The van der Waals surface area contributed by atoms with E-state index in [9.17, 15) is 14.4 Å². The first-order chi connectivity index (χ1) is 10.6. The molecule has 5 heteroatoms. The third kappa shape index (κ3) is 4.06. The summed E-state index contributed by atoms with van der Waals surface area (Å²) in [5.74, 6) is -0.0655. The molecule has 1 N–H and O–H groups in total. The molecule has 1 aliphatic carbocycles. The average Bonchev–Trinajstić information content (AvgIpc) is 2.46. The summed E-state index contributed by atoms with van der Waals surface area (Å²) >= 11 is 0. The molecule has 0 aliphatic heterocycles. The molecule has 0 aromatic carbocycles. The van der Waals surface area contributed by atoms with Crippen molar-refractivity contribution in [1.82, 2.24) is 9.88 Å². The molecule has 2 rings (SSSR count). The number of pyridine rings is 1. The molecule has 1 heterocycles. The normalized spacial score (nSPS) is 14.6. The molecule has 0 fully saturated rings. The number of hydrogen-bond acceptors (Lipinski definition) is 3. The van der Waals surface area contributed by atoms with Crippen molar-refractivity contribution < 1.29 is 9.59 Å². The van der Waals surface area contributed by atoms with Crippen LogP contribution in [0.4, 0.5) is 0 Å². The number of aryl methyl sites for hydroxylation is 1. The van der Waals surface area contributed by atoms with Crippen LogP contribution >= 0.6 is 0 Å². The smallest absolute Gasteiger partial charge is 0.261 e. The van der Waals surface area contributed by atoms with Crippen LogP contribution in [0.3, 0.4) is 0 Å². The lowest BCUT2D eigenvalue weighted by atomic mass is 9.95. The van der Waals surface area contributed by atoms with Crippen molar-refractivity contribution in [2.75, 3.05) is 6.54 Å². The fourth-order valence-corrected chi connectivity index (χ4v) is 3.08. The van der Waals surface area contributed by atoms with Gasteiger partial charge >= 0.3 is 0 Å². The third-order valence-electron chi connectivity index (χ3n) is 4.19. The van der Waals surface area contributed by atoms with Crippen LogP contribution in [0.2, 0.25) is 0 Å². The summed E-state index contributed by atoms with van der Waals surface area (Å²) in [6, 6.07) is 1.78. The Kier molecular flexibility index (Phi) is 5.92. The monoisotopic (exact) mass is 304 g/mol. The summed E-state index contributed by atoms with van der Waals surface area (Å²) in [7, 11) is 0. The minimum Gasteiger partial charge on any atom is -0.356 e. The van der Waals surface area contributed by atoms with Gasteiger partial charge in [0.15, 0.2) is 6.29 Å². The molecule has 1 aromatic heterocycles. The Balaban J connectivity index is 2.27. The number of hydrogen-bond donors (Lipinski definition) is 1. The van der Waals surface area contributed by atoms with E-state index in [2.05, 4.69) is 5.32 Å². The highest BCUT2D eigenvalue weighted by atomic mass is 16.1. The van der Waals surface area contributed by atoms with Gasteiger partial charge in [-0.05, 0) is 43.7 Å². The molecule has 120 valence electrons. The predicted octanol–water partition coefficient (Wildman–Crippen LogP) is 1.85. The van der Waals surface area contributed by atoms with Gasteiger partial charge in [0.25, 0.3) is 5.56 Å². The van der Waals surface area contributed by atoms with Gasteiger partial charge in [0, 0.05) is 25.7 Å². The minimum atomic E-state index is -0.197. The second-order valence-electron chi connectivity index (χ2n) is 5.90. The maximum Gasteiger partial charge on any atom is 0.261 e. The van der Waals surface area contributed by atoms with Gasteiger partial charge in [0.1, 0.15) is 0 Å². The van der Waals surface area contributed by atoms with Crippen LogP contribution in [0.25, 0.3) is 0 Å². The zero-order valence-corrected chi connectivity index (χ0v) is 13.2. The summed E-state index contributed by atoms with van der Waals surface area (Å²) in [5.41, 5.74) is 2.27. The average molecular weight is 304 g/mol. The molecule has 0 atom stereocenters. The maximum atomic E-state index is 12.4. The third-order valence-corrected chi connectivity index (χ3v) is 4.19. The first-order valence-electron chi connectivity index (χ1n) is 8.08. The Bertz CT molecular complexity index is 605. The van der Waals surface area contributed by atoms with E-state index in [4.69, 9.17) is 0 Å². The van der Waals surface area contributed by atoms with E-state index in [0.717, 1.165) is 36.9 Å². The van der Waals surface area contributed by atoms with Crippen molar-refractivity contribution in [3.05, 3.63) is 33.2 Å². The Morgan fingerprint density at radius 1 is 1.27 bits per heavy atom. The first kappa shape index (κ1) is 16.5. The van der Waals surface area contributed by atoms with E-state index in [1.165, 1.54) is 19.8 Å². The number of nitrogens with zero attached hydrogens (tertiary/aromatic N) is 1. The van der Waals surface area contributed by atoms with E-state index < -0.39 is 0 Å². The van der Waals surface area contributed by atoms with Gasteiger partial charge in [-0.2, -0.15) is 0 Å². The number of fused-ring (bicyclic) bond motifs is 1.